The number of benzene rings is 6. The Morgan fingerprint density at radius 3 is 1.49 bits per heavy atom. The molecule has 0 aliphatic carbocycles. The molecule has 0 aliphatic rings. The summed E-state index contributed by atoms with van der Waals surface area (Å²) >= 11 is 0. The topological polar surface area (TPSA) is 56.3 Å². The summed E-state index contributed by atoms with van der Waals surface area (Å²) in [6.07, 6.45) is 12.6. The van der Waals surface area contributed by atoms with Crippen molar-refractivity contribution in [3.8, 4) is 39.1 Å². The van der Waals surface area contributed by atoms with Crippen LogP contribution in [0.2, 0.25) is 0 Å². The second-order valence-electron chi connectivity index (χ2n) is 14.2. The smallest absolute Gasteiger partial charge is 0.376 e. The maximum Gasteiger partial charge on any atom is 0.534 e. The van der Waals surface area contributed by atoms with Gasteiger partial charge in [0, 0.05) is 11.1 Å². The number of unbranched alkanes of at least 4 members (excludes halogenated alkanes) is 8. The zero-order valence-corrected chi connectivity index (χ0v) is 31.7. The van der Waals surface area contributed by atoms with Gasteiger partial charge in [-0.05, 0) is 92.0 Å². The lowest BCUT2D eigenvalue weighted by Gasteiger charge is -2.18. The number of halogens is 3. The lowest BCUT2D eigenvalue weighted by Crippen LogP contribution is -2.28. The molecule has 1 aromatic heterocycles. The van der Waals surface area contributed by atoms with Gasteiger partial charge in [-0.15, -0.1) is 0 Å². The molecule has 8 heteroatoms. The molecule has 7 aromatic rings. The molecule has 0 atom stereocenters. The van der Waals surface area contributed by atoms with Crippen molar-refractivity contribution >= 4 is 42.6 Å². The van der Waals surface area contributed by atoms with Crippen LogP contribution < -0.4 is 4.18 Å². The van der Waals surface area contributed by atoms with E-state index in [4.69, 9.17) is 4.98 Å². The second kappa shape index (κ2) is 16.7. The summed E-state index contributed by atoms with van der Waals surface area (Å²) in [5.74, 6) is -0.413. The largest absolute Gasteiger partial charge is 0.534 e. The standard InChI is InChI=1S/C47H44F3NO3S/c1-2-3-4-5-6-7-8-9-10-17-36-32-43(38-18-15-16-23-44(38)51-36)33-24-26-34(27-25-33)45-39-19-11-13-21-41(39)46(42-22-14-12-20-40(42)45)35-28-30-37(31-29-35)54-55(52,53)47(48,49)50/h11-16,18-32H,2-10,17H2,1H3. The molecule has 282 valence electrons. The minimum Gasteiger partial charge on any atom is -0.376 e. The number of aryl methyl sites for hydroxylation is 1. The normalized spacial score (nSPS) is 12.1. The Morgan fingerprint density at radius 1 is 0.545 bits per heavy atom. The van der Waals surface area contributed by atoms with Crippen molar-refractivity contribution in [2.75, 3.05) is 0 Å². The van der Waals surface area contributed by atoms with Crippen LogP contribution in [0.5, 0.6) is 5.75 Å². The van der Waals surface area contributed by atoms with Crippen LogP contribution >= 0.6 is 0 Å². The maximum atomic E-state index is 13.0. The van der Waals surface area contributed by atoms with E-state index in [1.807, 2.05) is 42.5 Å². The Balaban J connectivity index is 1.20. The van der Waals surface area contributed by atoms with E-state index in [1.165, 1.54) is 69.1 Å². The molecule has 0 radical (unpaired) electrons. The molecule has 0 aliphatic heterocycles. The minimum atomic E-state index is -5.78. The fraction of sp³-hybridized carbons (Fsp3) is 0.255. The summed E-state index contributed by atoms with van der Waals surface area (Å²) in [6, 6.07) is 41.1. The molecule has 1 heterocycles. The summed E-state index contributed by atoms with van der Waals surface area (Å²) < 4.78 is 66.5. The van der Waals surface area contributed by atoms with Gasteiger partial charge in [0.15, 0.2) is 0 Å². The van der Waals surface area contributed by atoms with Crippen molar-refractivity contribution in [2.24, 2.45) is 0 Å². The highest BCUT2D eigenvalue weighted by Crippen LogP contribution is 2.44. The Kier molecular flexibility index (Phi) is 11.5. The molecule has 55 heavy (non-hydrogen) atoms. The van der Waals surface area contributed by atoms with E-state index in [0.717, 1.165) is 73.2 Å². The molecular weight excluding hydrogens is 716 g/mol. The van der Waals surface area contributed by atoms with Crippen LogP contribution in [0.4, 0.5) is 13.2 Å². The second-order valence-corrected chi connectivity index (χ2v) is 15.7. The molecule has 4 nitrogen and oxygen atoms in total. The minimum absolute atomic E-state index is 0.413. The molecule has 0 fully saturated rings. The number of alkyl halides is 3. The molecule has 0 N–H and O–H groups in total. The Morgan fingerprint density at radius 2 is 0.982 bits per heavy atom. The Hall–Kier alpha value is -5.21. The van der Waals surface area contributed by atoms with Gasteiger partial charge in [0.1, 0.15) is 5.75 Å². The number of rotatable bonds is 15. The van der Waals surface area contributed by atoms with E-state index in [2.05, 4.69) is 71.8 Å². The summed E-state index contributed by atoms with van der Waals surface area (Å²) in [6.45, 7) is 2.26. The number of fused-ring (bicyclic) bond motifs is 3. The third kappa shape index (κ3) is 8.40. The molecule has 0 spiro atoms. The predicted octanol–water partition coefficient (Wildman–Crippen LogP) is 13.8. The molecule has 0 unspecified atom stereocenters. The first-order chi connectivity index (χ1) is 26.6. The summed E-state index contributed by atoms with van der Waals surface area (Å²) in [5, 5.41) is 5.07. The summed E-state index contributed by atoms with van der Waals surface area (Å²) in [7, 11) is -5.78. The van der Waals surface area contributed by atoms with Gasteiger partial charge < -0.3 is 4.18 Å². The van der Waals surface area contributed by atoms with Crippen molar-refractivity contribution in [2.45, 2.75) is 76.6 Å². The predicted molar refractivity (Wildman–Crippen MR) is 220 cm³/mol. The van der Waals surface area contributed by atoms with Crippen molar-refractivity contribution in [1.29, 1.82) is 0 Å². The molecule has 0 saturated carbocycles. The van der Waals surface area contributed by atoms with Crippen LogP contribution in [0.25, 0.3) is 65.8 Å². The Bertz CT molecular complexity index is 2470. The third-order valence-corrected chi connectivity index (χ3v) is 11.3. The molecule has 7 rings (SSSR count). The monoisotopic (exact) mass is 759 g/mol. The highest BCUT2D eigenvalue weighted by atomic mass is 32.2. The zero-order valence-electron chi connectivity index (χ0n) is 30.9. The van der Waals surface area contributed by atoms with E-state index >= 15 is 0 Å². The van der Waals surface area contributed by atoms with Crippen molar-refractivity contribution in [3.63, 3.8) is 0 Å². The first-order valence-electron chi connectivity index (χ1n) is 19.2. The molecule has 6 aromatic carbocycles. The van der Waals surface area contributed by atoms with Crippen LogP contribution in [0.15, 0.2) is 127 Å². The average molecular weight is 760 g/mol. The van der Waals surface area contributed by atoms with Gasteiger partial charge in [-0.25, -0.2) is 0 Å². The average Bonchev–Trinajstić information content (AvgIpc) is 3.19. The van der Waals surface area contributed by atoms with Gasteiger partial charge in [0.2, 0.25) is 0 Å². The lowest BCUT2D eigenvalue weighted by molar-refractivity contribution is -0.0500. The number of para-hydroxylation sites is 1. The highest BCUT2D eigenvalue weighted by molar-refractivity contribution is 7.88. The fourth-order valence-corrected chi connectivity index (χ4v) is 8.09. The van der Waals surface area contributed by atoms with Crippen molar-refractivity contribution in [1.82, 2.24) is 4.98 Å². The zero-order chi connectivity index (χ0) is 38.4. The number of hydrogen-bond acceptors (Lipinski definition) is 4. The van der Waals surface area contributed by atoms with Gasteiger partial charge in [-0.1, -0.05) is 161 Å². The maximum absolute atomic E-state index is 13.0. The van der Waals surface area contributed by atoms with Crippen molar-refractivity contribution in [3.05, 3.63) is 133 Å². The first-order valence-corrected chi connectivity index (χ1v) is 20.6. The van der Waals surface area contributed by atoms with Crippen LogP contribution in [0.1, 0.15) is 70.4 Å². The quantitative estimate of drug-likeness (QED) is 0.0452. The van der Waals surface area contributed by atoms with E-state index < -0.39 is 21.4 Å². The molecule has 0 amide bonds. The van der Waals surface area contributed by atoms with E-state index in [-0.39, 0.29) is 0 Å². The van der Waals surface area contributed by atoms with Crippen LogP contribution in [-0.2, 0) is 16.5 Å². The molecule has 0 saturated heterocycles. The SMILES string of the molecule is CCCCCCCCCCCc1cc(-c2ccc(-c3c4ccccc4c(-c4ccc(OS(=O)(=O)C(F)(F)F)cc4)c4ccccc34)cc2)c2ccccc2n1. The van der Waals surface area contributed by atoms with Gasteiger partial charge in [-0.3, -0.25) is 4.98 Å². The Labute approximate surface area is 321 Å². The number of nitrogens with zero attached hydrogens (tertiary/aromatic N) is 1. The molecule has 0 bridgehead atoms. The van der Waals surface area contributed by atoms with Crippen LogP contribution in [0.3, 0.4) is 0 Å². The van der Waals surface area contributed by atoms with E-state index in [9.17, 15) is 21.6 Å². The first kappa shape index (κ1) is 38.1. The van der Waals surface area contributed by atoms with Crippen molar-refractivity contribution < 1.29 is 25.8 Å². The number of hydrogen-bond donors (Lipinski definition) is 0. The van der Waals surface area contributed by atoms with E-state index in [1.54, 1.807) is 12.1 Å². The highest BCUT2D eigenvalue weighted by Gasteiger charge is 2.48. The lowest BCUT2D eigenvalue weighted by atomic mass is 9.85. The van der Waals surface area contributed by atoms with Gasteiger partial charge >= 0.3 is 15.6 Å². The van der Waals surface area contributed by atoms with Gasteiger partial charge in [-0.2, -0.15) is 21.6 Å². The van der Waals surface area contributed by atoms with Crippen LogP contribution in [0, 0.1) is 0 Å². The van der Waals surface area contributed by atoms with Crippen LogP contribution in [-0.4, -0.2) is 18.9 Å². The summed E-state index contributed by atoms with van der Waals surface area (Å²) in [4.78, 5) is 5.05. The number of aromatic nitrogens is 1. The van der Waals surface area contributed by atoms with Gasteiger partial charge in [0.25, 0.3) is 0 Å². The summed E-state index contributed by atoms with van der Waals surface area (Å²) in [5.41, 5.74) is 2.63. The third-order valence-electron chi connectivity index (χ3n) is 10.4. The van der Waals surface area contributed by atoms with E-state index in [0.29, 0.717) is 5.56 Å². The fourth-order valence-electron chi connectivity index (χ4n) is 7.63. The molecular formula is C47H44F3NO3S. The van der Waals surface area contributed by atoms with Gasteiger partial charge in [0.05, 0.1) is 5.52 Å². The number of pyridine rings is 1.